The van der Waals surface area contributed by atoms with E-state index >= 15 is 0 Å². The molecule has 0 radical (unpaired) electrons. The van der Waals surface area contributed by atoms with Crippen molar-refractivity contribution < 1.29 is 0 Å². The Morgan fingerprint density at radius 1 is 0.621 bits per heavy atom. The van der Waals surface area contributed by atoms with Crippen LogP contribution in [0.25, 0.3) is 22.5 Å². The Labute approximate surface area is 172 Å². The fraction of sp³-hybridized carbons (Fsp3) is 0.154. The lowest BCUT2D eigenvalue weighted by Crippen LogP contribution is -2.18. The summed E-state index contributed by atoms with van der Waals surface area (Å²) >= 11 is 0. The van der Waals surface area contributed by atoms with E-state index in [9.17, 15) is 0 Å². The largest absolute Gasteiger partial charge is 0.341 e. The van der Waals surface area contributed by atoms with Crippen LogP contribution in [-0.4, -0.2) is 16.5 Å². The molecular formula is C26H25N3. The second-order valence-corrected chi connectivity index (χ2v) is 7.03. The van der Waals surface area contributed by atoms with Crippen LogP contribution in [0.5, 0.6) is 0 Å². The van der Waals surface area contributed by atoms with Crippen LogP contribution in [0.2, 0.25) is 0 Å². The van der Waals surface area contributed by atoms with Crippen LogP contribution in [0.1, 0.15) is 19.8 Å². The number of pyridine rings is 2. The van der Waals surface area contributed by atoms with Crippen LogP contribution in [0.4, 0.5) is 11.4 Å². The maximum absolute atomic E-state index is 4.45. The van der Waals surface area contributed by atoms with Gasteiger partial charge in [0.05, 0.1) is 11.4 Å². The average Bonchev–Trinajstić information content (AvgIpc) is 2.81. The number of hydrogen-bond acceptors (Lipinski definition) is 3. The molecule has 0 unspecified atom stereocenters. The lowest BCUT2D eigenvalue weighted by Gasteiger charge is -2.25. The van der Waals surface area contributed by atoms with Gasteiger partial charge in [-0.05, 0) is 55.0 Å². The number of unbranched alkanes of at least 4 members (excludes halogenated alkanes) is 1. The normalized spacial score (nSPS) is 10.7. The van der Waals surface area contributed by atoms with Crippen LogP contribution in [0.3, 0.4) is 0 Å². The molecule has 4 aromatic rings. The molecule has 4 rings (SSSR count). The second kappa shape index (κ2) is 9.16. The van der Waals surface area contributed by atoms with Gasteiger partial charge in [-0.2, -0.15) is 0 Å². The van der Waals surface area contributed by atoms with Gasteiger partial charge in [-0.3, -0.25) is 9.97 Å². The molecule has 2 aromatic carbocycles. The summed E-state index contributed by atoms with van der Waals surface area (Å²) in [5.74, 6) is 0. The van der Waals surface area contributed by atoms with Crippen molar-refractivity contribution in [1.29, 1.82) is 0 Å². The number of anilines is 2. The van der Waals surface area contributed by atoms with E-state index in [-0.39, 0.29) is 0 Å². The molecule has 29 heavy (non-hydrogen) atoms. The predicted molar refractivity (Wildman–Crippen MR) is 121 cm³/mol. The lowest BCUT2D eigenvalue weighted by molar-refractivity contribution is 0.786. The van der Waals surface area contributed by atoms with E-state index < -0.39 is 0 Å². The van der Waals surface area contributed by atoms with Crippen molar-refractivity contribution in [2.24, 2.45) is 0 Å². The Balaban J connectivity index is 1.60. The third kappa shape index (κ3) is 4.52. The molecule has 0 spiro atoms. The van der Waals surface area contributed by atoms with Gasteiger partial charge in [-0.1, -0.05) is 49.7 Å². The molecule has 0 aliphatic rings. The Bertz CT molecular complexity index is 928. The maximum Gasteiger partial charge on any atom is 0.0701 e. The molecule has 0 N–H and O–H groups in total. The zero-order valence-electron chi connectivity index (χ0n) is 16.7. The highest BCUT2D eigenvalue weighted by Crippen LogP contribution is 2.30. The first-order chi connectivity index (χ1) is 14.3. The van der Waals surface area contributed by atoms with Gasteiger partial charge in [-0.25, -0.2) is 0 Å². The summed E-state index contributed by atoms with van der Waals surface area (Å²) < 4.78 is 0. The third-order valence-electron chi connectivity index (χ3n) is 5.01. The standard InChI is InChI=1S/C26H25N3/c1-2-3-20-29(23-14-10-21(11-15-23)25-8-4-6-18-27-25)24-16-12-22(13-17-24)26-9-5-7-19-28-26/h4-19H,2-3,20H2,1H3. The molecule has 0 fully saturated rings. The van der Waals surface area contributed by atoms with E-state index in [4.69, 9.17) is 0 Å². The van der Waals surface area contributed by atoms with E-state index in [0.29, 0.717) is 0 Å². The van der Waals surface area contributed by atoms with Gasteiger partial charge in [-0.15, -0.1) is 0 Å². The van der Waals surface area contributed by atoms with Crippen molar-refractivity contribution in [3.63, 3.8) is 0 Å². The molecule has 3 heteroatoms. The second-order valence-electron chi connectivity index (χ2n) is 7.03. The minimum absolute atomic E-state index is 0.988. The fourth-order valence-corrected chi connectivity index (χ4v) is 3.41. The molecule has 2 heterocycles. The summed E-state index contributed by atoms with van der Waals surface area (Å²) in [6, 6.07) is 29.4. The molecule has 0 atom stereocenters. The van der Waals surface area contributed by atoms with Crippen molar-refractivity contribution in [2.75, 3.05) is 11.4 Å². The topological polar surface area (TPSA) is 29.0 Å². The fourth-order valence-electron chi connectivity index (χ4n) is 3.41. The van der Waals surface area contributed by atoms with Gasteiger partial charge < -0.3 is 4.90 Å². The number of rotatable bonds is 7. The first-order valence-corrected chi connectivity index (χ1v) is 10.2. The van der Waals surface area contributed by atoms with Gasteiger partial charge in [0, 0.05) is 41.4 Å². The first-order valence-electron chi connectivity index (χ1n) is 10.2. The van der Waals surface area contributed by atoms with Gasteiger partial charge in [0.25, 0.3) is 0 Å². The highest BCUT2D eigenvalue weighted by atomic mass is 15.1. The van der Waals surface area contributed by atoms with Crippen molar-refractivity contribution in [3.8, 4) is 22.5 Å². The summed E-state index contributed by atoms with van der Waals surface area (Å²) in [4.78, 5) is 11.3. The average molecular weight is 380 g/mol. The van der Waals surface area contributed by atoms with Crippen molar-refractivity contribution >= 4 is 11.4 Å². The molecule has 144 valence electrons. The van der Waals surface area contributed by atoms with E-state index in [1.807, 2.05) is 48.8 Å². The Kier molecular flexibility index (Phi) is 5.96. The summed E-state index contributed by atoms with van der Waals surface area (Å²) in [7, 11) is 0. The zero-order valence-corrected chi connectivity index (χ0v) is 16.7. The smallest absolute Gasteiger partial charge is 0.0701 e. The molecule has 3 nitrogen and oxygen atoms in total. The highest BCUT2D eigenvalue weighted by molar-refractivity contribution is 5.70. The van der Waals surface area contributed by atoms with Crippen LogP contribution in [0, 0.1) is 0 Å². The Morgan fingerprint density at radius 3 is 1.48 bits per heavy atom. The summed E-state index contributed by atoms with van der Waals surface area (Å²) in [5, 5.41) is 0. The third-order valence-corrected chi connectivity index (χ3v) is 5.01. The quantitative estimate of drug-likeness (QED) is 0.356. The van der Waals surface area contributed by atoms with Gasteiger partial charge >= 0.3 is 0 Å². The lowest BCUT2D eigenvalue weighted by atomic mass is 10.1. The van der Waals surface area contributed by atoms with Crippen LogP contribution < -0.4 is 4.90 Å². The first kappa shape index (κ1) is 18.9. The minimum Gasteiger partial charge on any atom is -0.341 e. The highest BCUT2D eigenvalue weighted by Gasteiger charge is 2.10. The van der Waals surface area contributed by atoms with E-state index in [2.05, 4.69) is 70.3 Å². The van der Waals surface area contributed by atoms with E-state index in [1.54, 1.807) is 0 Å². The van der Waals surface area contributed by atoms with Crippen molar-refractivity contribution in [2.45, 2.75) is 19.8 Å². The summed E-state index contributed by atoms with van der Waals surface area (Å²) in [6.45, 7) is 3.22. The molecule has 0 amide bonds. The minimum atomic E-state index is 0.988. The van der Waals surface area contributed by atoms with Crippen molar-refractivity contribution in [3.05, 3.63) is 97.3 Å². The molecule has 0 saturated heterocycles. The van der Waals surface area contributed by atoms with Crippen molar-refractivity contribution in [1.82, 2.24) is 9.97 Å². The van der Waals surface area contributed by atoms with E-state index in [0.717, 1.165) is 41.9 Å². The van der Waals surface area contributed by atoms with Crippen LogP contribution >= 0.6 is 0 Å². The Hall–Kier alpha value is -3.46. The summed E-state index contributed by atoms with van der Waals surface area (Å²) in [6.07, 6.45) is 5.97. The maximum atomic E-state index is 4.45. The molecule has 0 aliphatic heterocycles. The molecule has 2 aromatic heterocycles. The van der Waals surface area contributed by atoms with Gasteiger partial charge in [0.1, 0.15) is 0 Å². The molecular weight excluding hydrogens is 354 g/mol. The monoisotopic (exact) mass is 379 g/mol. The summed E-state index contributed by atoms with van der Waals surface area (Å²) in [5.41, 5.74) is 6.66. The zero-order chi connectivity index (χ0) is 19.9. The molecule has 0 saturated carbocycles. The van der Waals surface area contributed by atoms with Crippen LogP contribution in [0.15, 0.2) is 97.3 Å². The molecule has 0 bridgehead atoms. The van der Waals surface area contributed by atoms with E-state index in [1.165, 1.54) is 11.4 Å². The predicted octanol–water partition coefficient (Wildman–Crippen LogP) is 6.75. The van der Waals surface area contributed by atoms with Gasteiger partial charge in [0.2, 0.25) is 0 Å². The number of hydrogen-bond donors (Lipinski definition) is 0. The van der Waals surface area contributed by atoms with Crippen LogP contribution in [-0.2, 0) is 0 Å². The number of nitrogens with zero attached hydrogens (tertiary/aromatic N) is 3. The van der Waals surface area contributed by atoms with Gasteiger partial charge in [0.15, 0.2) is 0 Å². The number of aromatic nitrogens is 2. The molecule has 0 aliphatic carbocycles. The number of benzene rings is 2. The SMILES string of the molecule is CCCCN(c1ccc(-c2ccccn2)cc1)c1ccc(-c2ccccn2)cc1. The Morgan fingerprint density at radius 2 is 1.10 bits per heavy atom.